The summed E-state index contributed by atoms with van der Waals surface area (Å²) in [4.78, 5) is 10.7. The molecular formula is C9H14O4. The first-order valence-electron chi connectivity index (χ1n) is 4.44. The van der Waals surface area contributed by atoms with Crippen molar-refractivity contribution < 1.29 is 19.0 Å². The minimum Gasteiger partial charge on any atom is -0.342 e. The molecule has 2 rings (SSSR count). The van der Waals surface area contributed by atoms with E-state index >= 15 is 0 Å². The number of rotatable bonds is 1. The summed E-state index contributed by atoms with van der Waals surface area (Å²) in [6.45, 7) is 5.43. The molecule has 4 heteroatoms. The first kappa shape index (κ1) is 9.12. The van der Waals surface area contributed by atoms with Gasteiger partial charge in [-0.25, -0.2) is 0 Å². The van der Waals surface area contributed by atoms with E-state index in [1.165, 1.54) is 0 Å². The molecule has 0 amide bonds. The molecule has 0 aromatic carbocycles. The second-order valence-corrected chi connectivity index (χ2v) is 4.29. The smallest absolute Gasteiger partial charge is 0.188 e. The Labute approximate surface area is 77.1 Å². The molecule has 74 valence electrons. The molecule has 2 aliphatic rings. The Bertz CT molecular complexity index is 220. The number of aldehydes is 1. The molecule has 0 radical (unpaired) electrons. The third-order valence-corrected chi connectivity index (χ3v) is 2.38. The highest BCUT2D eigenvalue weighted by atomic mass is 16.8. The molecule has 0 aromatic rings. The molecule has 2 fully saturated rings. The van der Waals surface area contributed by atoms with Crippen LogP contribution >= 0.6 is 0 Å². The molecule has 3 atom stereocenters. The Balaban J connectivity index is 2.09. The number of fused-ring (bicyclic) bond motifs is 1. The van der Waals surface area contributed by atoms with Crippen LogP contribution in [0.4, 0.5) is 0 Å². The van der Waals surface area contributed by atoms with Crippen molar-refractivity contribution in [1.82, 2.24) is 0 Å². The molecular weight excluding hydrogens is 172 g/mol. The molecule has 13 heavy (non-hydrogen) atoms. The van der Waals surface area contributed by atoms with Gasteiger partial charge < -0.3 is 19.0 Å². The number of hydrogen-bond acceptors (Lipinski definition) is 4. The van der Waals surface area contributed by atoms with Crippen molar-refractivity contribution in [3.63, 3.8) is 0 Å². The van der Waals surface area contributed by atoms with Crippen LogP contribution in [0.15, 0.2) is 0 Å². The van der Waals surface area contributed by atoms with Crippen molar-refractivity contribution in [2.24, 2.45) is 0 Å². The van der Waals surface area contributed by atoms with Crippen LogP contribution in [0, 0.1) is 0 Å². The summed E-state index contributed by atoms with van der Waals surface area (Å²) in [6.07, 6.45) is 0.894. The fourth-order valence-electron chi connectivity index (χ4n) is 1.83. The lowest BCUT2D eigenvalue weighted by Gasteiger charge is -2.22. The van der Waals surface area contributed by atoms with Crippen LogP contribution in [0.5, 0.6) is 0 Å². The maximum atomic E-state index is 10.7. The Morgan fingerprint density at radius 1 is 1.23 bits per heavy atom. The van der Waals surface area contributed by atoms with Crippen molar-refractivity contribution in [3.8, 4) is 0 Å². The second kappa shape index (κ2) is 2.53. The summed E-state index contributed by atoms with van der Waals surface area (Å²) in [5.41, 5.74) is -0.730. The van der Waals surface area contributed by atoms with Crippen molar-refractivity contribution in [2.45, 2.75) is 51.0 Å². The van der Waals surface area contributed by atoms with Crippen LogP contribution < -0.4 is 0 Å². The fourth-order valence-corrected chi connectivity index (χ4v) is 1.83. The lowest BCUT2D eigenvalue weighted by Crippen LogP contribution is -2.31. The zero-order valence-corrected chi connectivity index (χ0v) is 8.07. The predicted octanol–water partition coefficient (Wildman–Crippen LogP) is 0.842. The van der Waals surface area contributed by atoms with Crippen LogP contribution in [0.3, 0.4) is 0 Å². The third kappa shape index (κ3) is 1.49. The largest absolute Gasteiger partial charge is 0.342 e. The average molecular weight is 186 g/mol. The lowest BCUT2D eigenvalue weighted by molar-refractivity contribution is -0.217. The first-order chi connectivity index (χ1) is 5.94. The number of carbonyl (C=O) groups is 1. The van der Waals surface area contributed by atoms with Gasteiger partial charge in [0.15, 0.2) is 18.4 Å². The molecule has 0 aromatic heterocycles. The Morgan fingerprint density at radius 3 is 2.46 bits per heavy atom. The van der Waals surface area contributed by atoms with Crippen molar-refractivity contribution in [1.29, 1.82) is 0 Å². The standard InChI is InChI=1S/C9H14O4/c1-8(2)11-6-4-9(3,5-10)13-7(6)12-8/h5-7H,4H2,1-3H3/t6-,7+,9-/m1/s1. The summed E-state index contributed by atoms with van der Waals surface area (Å²) < 4.78 is 16.5. The molecule has 4 nitrogen and oxygen atoms in total. The van der Waals surface area contributed by atoms with E-state index in [-0.39, 0.29) is 12.4 Å². The van der Waals surface area contributed by atoms with Gasteiger partial charge in [0.2, 0.25) is 0 Å². The summed E-state index contributed by atoms with van der Waals surface area (Å²) in [7, 11) is 0. The van der Waals surface area contributed by atoms with Gasteiger partial charge in [0.05, 0.1) is 0 Å². The molecule has 2 heterocycles. The van der Waals surface area contributed by atoms with Crippen LogP contribution in [-0.4, -0.2) is 30.1 Å². The van der Waals surface area contributed by atoms with Gasteiger partial charge >= 0.3 is 0 Å². The highest BCUT2D eigenvalue weighted by Gasteiger charge is 2.53. The van der Waals surface area contributed by atoms with E-state index in [1.54, 1.807) is 6.92 Å². The second-order valence-electron chi connectivity index (χ2n) is 4.29. The maximum Gasteiger partial charge on any atom is 0.188 e. The van der Waals surface area contributed by atoms with Gasteiger partial charge in [-0.1, -0.05) is 0 Å². The van der Waals surface area contributed by atoms with Crippen LogP contribution in [0.2, 0.25) is 0 Å². The minimum atomic E-state index is -0.730. The van der Waals surface area contributed by atoms with Crippen molar-refractivity contribution >= 4 is 6.29 Å². The number of carbonyl (C=O) groups excluding carboxylic acids is 1. The molecule has 0 saturated carbocycles. The third-order valence-electron chi connectivity index (χ3n) is 2.38. The van der Waals surface area contributed by atoms with Crippen LogP contribution in [0.1, 0.15) is 27.2 Å². The van der Waals surface area contributed by atoms with Gasteiger partial charge in [0.1, 0.15) is 11.7 Å². The highest BCUT2D eigenvalue weighted by Crippen LogP contribution is 2.40. The number of hydrogen-bond donors (Lipinski definition) is 0. The predicted molar refractivity (Wildman–Crippen MR) is 44.0 cm³/mol. The minimum absolute atomic E-state index is 0.106. The zero-order chi connectivity index (χ0) is 9.69. The topological polar surface area (TPSA) is 44.8 Å². The van der Waals surface area contributed by atoms with Crippen LogP contribution in [0.25, 0.3) is 0 Å². The molecule has 0 spiro atoms. The molecule has 0 N–H and O–H groups in total. The van der Waals surface area contributed by atoms with E-state index in [1.807, 2.05) is 13.8 Å². The summed E-state index contributed by atoms with van der Waals surface area (Å²) >= 11 is 0. The normalized spacial score (nSPS) is 47.6. The highest BCUT2D eigenvalue weighted by molar-refractivity contribution is 5.62. The lowest BCUT2D eigenvalue weighted by atomic mass is 10.0. The van der Waals surface area contributed by atoms with E-state index in [0.717, 1.165) is 6.29 Å². The first-order valence-corrected chi connectivity index (χ1v) is 4.44. The molecule has 2 aliphatic heterocycles. The fraction of sp³-hybridized carbons (Fsp3) is 0.889. The molecule has 0 bridgehead atoms. The summed E-state index contributed by atoms with van der Waals surface area (Å²) in [5.74, 6) is -0.584. The summed E-state index contributed by atoms with van der Waals surface area (Å²) in [6, 6.07) is 0. The molecule has 2 saturated heterocycles. The van der Waals surface area contributed by atoms with Gasteiger partial charge in [0.25, 0.3) is 0 Å². The van der Waals surface area contributed by atoms with Gasteiger partial charge in [-0.05, 0) is 20.8 Å². The maximum absolute atomic E-state index is 10.7. The van der Waals surface area contributed by atoms with Gasteiger partial charge in [-0.2, -0.15) is 0 Å². The van der Waals surface area contributed by atoms with Gasteiger partial charge in [0, 0.05) is 6.42 Å². The molecule has 0 aliphatic carbocycles. The Hall–Kier alpha value is -0.450. The van der Waals surface area contributed by atoms with Crippen molar-refractivity contribution in [2.75, 3.05) is 0 Å². The van der Waals surface area contributed by atoms with Gasteiger partial charge in [-0.3, -0.25) is 0 Å². The monoisotopic (exact) mass is 186 g/mol. The van der Waals surface area contributed by atoms with E-state index < -0.39 is 11.4 Å². The van der Waals surface area contributed by atoms with E-state index in [4.69, 9.17) is 14.2 Å². The number of ether oxygens (including phenoxy) is 3. The SMILES string of the molecule is CC1(C)O[C@H]2O[C@@](C)(C=O)C[C@H]2O1. The molecule has 0 unspecified atom stereocenters. The quantitative estimate of drug-likeness (QED) is 0.569. The van der Waals surface area contributed by atoms with E-state index in [0.29, 0.717) is 6.42 Å². The average Bonchev–Trinajstić information content (AvgIpc) is 2.38. The zero-order valence-electron chi connectivity index (χ0n) is 8.07. The Morgan fingerprint density at radius 2 is 1.92 bits per heavy atom. The Kier molecular flexibility index (Phi) is 1.77. The van der Waals surface area contributed by atoms with Crippen LogP contribution in [-0.2, 0) is 19.0 Å². The van der Waals surface area contributed by atoms with Crippen molar-refractivity contribution in [3.05, 3.63) is 0 Å². The summed E-state index contributed by atoms with van der Waals surface area (Å²) in [5, 5.41) is 0. The van der Waals surface area contributed by atoms with Gasteiger partial charge in [-0.15, -0.1) is 0 Å². The van der Waals surface area contributed by atoms with E-state index in [9.17, 15) is 4.79 Å². The van der Waals surface area contributed by atoms with E-state index in [2.05, 4.69) is 0 Å².